The molecule has 3 fully saturated rings. The lowest BCUT2D eigenvalue weighted by Crippen LogP contribution is -2.51. The Balaban J connectivity index is 0.878. The van der Waals surface area contributed by atoms with Crippen molar-refractivity contribution in [3.8, 4) is 0 Å². The molecule has 0 radical (unpaired) electrons. The quantitative estimate of drug-likeness (QED) is 0.0602. The number of esters is 1. The van der Waals surface area contributed by atoms with Gasteiger partial charge in [-0.1, -0.05) is 95.8 Å². The topological polar surface area (TPSA) is 34.2 Å². The fourth-order valence-corrected chi connectivity index (χ4v) is 14.3. The molecule has 4 nitrogen and oxygen atoms in total. The SMILES string of the molecule is CCCCCC=CCC=CCCCCCCCC(=O)OC1CCC2(C)C(=CCC3C2CCC2(C)C(C(C)CCC4=C5C(C)=CC(C)=[N+]5[B-](F)(F)n5c(C)cc(C)c54)CCC32)C1. The van der Waals surface area contributed by atoms with Crippen molar-refractivity contribution in [3.63, 3.8) is 0 Å². The van der Waals surface area contributed by atoms with E-state index in [0.717, 1.165) is 97.7 Å². The predicted octanol–water partition coefficient (Wildman–Crippen LogP) is 15.2. The third-order valence-corrected chi connectivity index (χ3v) is 17.3. The van der Waals surface area contributed by atoms with E-state index in [1.165, 1.54) is 86.0 Å². The second kappa shape index (κ2) is 19.4. The number of hydrogen-bond donors (Lipinski definition) is 0. The average molecular weight is 839 g/mol. The normalized spacial score (nSPS) is 30.9. The van der Waals surface area contributed by atoms with E-state index in [1.54, 1.807) is 5.57 Å². The molecule has 4 aliphatic carbocycles. The summed E-state index contributed by atoms with van der Waals surface area (Å²) in [6, 6.07) is 1.95. The van der Waals surface area contributed by atoms with Crippen LogP contribution in [-0.4, -0.2) is 33.7 Å². The van der Waals surface area contributed by atoms with Crippen LogP contribution in [0.25, 0.3) is 5.57 Å². The molecular formula is C54H81BF2N2O2. The molecule has 1 aromatic rings. The predicted molar refractivity (Wildman–Crippen MR) is 252 cm³/mol. The maximum atomic E-state index is 16.2. The number of fused-ring (bicyclic) bond motifs is 7. The minimum atomic E-state index is -3.93. The van der Waals surface area contributed by atoms with E-state index in [9.17, 15) is 4.79 Å². The largest absolute Gasteiger partial charge is 0.737 e. The molecule has 0 saturated heterocycles. The highest BCUT2D eigenvalue weighted by Crippen LogP contribution is 2.67. The van der Waals surface area contributed by atoms with Gasteiger partial charge in [-0.2, -0.15) is 0 Å². The molecule has 1 aromatic heterocycles. The lowest BCUT2D eigenvalue weighted by molar-refractivity contribution is -0.363. The van der Waals surface area contributed by atoms with Crippen molar-refractivity contribution in [1.29, 1.82) is 0 Å². The molecule has 61 heavy (non-hydrogen) atoms. The summed E-state index contributed by atoms with van der Waals surface area (Å²) in [5.74, 6) is 3.37. The molecule has 6 aliphatic rings. The Morgan fingerprint density at radius 1 is 0.934 bits per heavy atom. The van der Waals surface area contributed by atoms with E-state index < -0.39 is 6.97 Å². The smallest absolute Gasteiger partial charge is 0.462 e. The lowest BCUT2D eigenvalue weighted by Gasteiger charge is -2.58. The van der Waals surface area contributed by atoms with Crippen LogP contribution in [0.5, 0.6) is 0 Å². The van der Waals surface area contributed by atoms with Crippen molar-refractivity contribution in [2.45, 2.75) is 203 Å². The summed E-state index contributed by atoms with van der Waals surface area (Å²) in [5.41, 5.74) is 7.99. The van der Waals surface area contributed by atoms with E-state index in [4.69, 9.17) is 4.74 Å². The van der Waals surface area contributed by atoms with Gasteiger partial charge in [0.2, 0.25) is 0 Å². The highest BCUT2D eigenvalue weighted by molar-refractivity contribution is 6.58. The molecule has 3 heterocycles. The van der Waals surface area contributed by atoms with Crippen molar-refractivity contribution < 1.29 is 22.6 Å². The van der Waals surface area contributed by atoms with Crippen LogP contribution in [0, 0.1) is 54.3 Å². The summed E-state index contributed by atoms with van der Waals surface area (Å²) < 4.78 is 41.3. The Labute approximate surface area is 369 Å². The van der Waals surface area contributed by atoms with Gasteiger partial charge in [0.25, 0.3) is 0 Å². The number of ether oxygens (including phenoxy) is 1. The number of halogens is 2. The molecule has 7 heteroatoms. The molecule has 0 aromatic carbocycles. The van der Waals surface area contributed by atoms with Crippen molar-refractivity contribution in [1.82, 2.24) is 4.48 Å². The highest BCUT2D eigenvalue weighted by atomic mass is 19.2. The van der Waals surface area contributed by atoms with Crippen LogP contribution in [-0.2, 0) is 9.53 Å². The second-order valence-corrected chi connectivity index (χ2v) is 21.3. The fraction of sp³-hybridized carbons (Fsp3) is 0.704. The Bertz CT molecular complexity index is 1950. The van der Waals surface area contributed by atoms with E-state index >= 15 is 8.63 Å². The molecule has 0 spiro atoms. The number of allylic oxidation sites excluding steroid dienone is 8. The number of unbranched alkanes of at least 4 members (excludes halogenated alkanes) is 8. The van der Waals surface area contributed by atoms with Crippen LogP contribution in [0.2, 0.25) is 0 Å². The molecule has 0 amide bonds. The number of nitrogens with zero attached hydrogens (tertiary/aromatic N) is 2. The Morgan fingerprint density at radius 3 is 2.41 bits per heavy atom. The van der Waals surface area contributed by atoms with Gasteiger partial charge in [-0.05, 0) is 175 Å². The van der Waals surface area contributed by atoms with Gasteiger partial charge in [-0.3, -0.25) is 4.79 Å². The molecule has 8 unspecified atom stereocenters. The first-order valence-electron chi connectivity index (χ1n) is 25.2. The summed E-state index contributed by atoms with van der Waals surface area (Å²) in [6.07, 6.45) is 38.7. The van der Waals surface area contributed by atoms with Gasteiger partial charge in [-0.25, -0.2) is 0 Å². The van der Waals surface area contributed by atoms with Crippen molar-refractivity contribution in [2.75, 3.05) is 0 Å². The van der Waals surface area contributed by atoms with Crippen LogP contribution in [0.4, 0.5) is 8.63 Å². The number of aromatic nitrogens is 1. The molecule has 8 atom stereocenters. The Hall–Kier alpha value is -2.96. The van der Waals surface area contributed by atoms with Crippen LogP contribution < -0.4 is 0 Å². The van der Waals surface area contributed by atoms with Crippen molar-refractivity contribution in [2.24, 2.45) is 40.4 Å². The summed E-state index contributed by atoms with van der Waals surface area (Å²) >= 11 is 0. The van der Waals surface area contributed by atoms with Crippen LogP contribution >= 0.6 is 0 Å². The first kappa shape index (κ1) is 46.0. The number of aryl methyl sites for hydroxylation is 2. The zero-order chi connectivity index (χ0) is 43.5. The van der Waals surface area contributed by atoms with E-state index in [0.29, 0.717) is 41.0 Å². The molecule has 0 bridgehead atoms. The fourth-order valence-electron chi connectivity index (χ4n) is 14.3. The number of carbonyl (C=O) groups is 1. The third-order valence-electron chi connectivity index (χ3n) is 17.3. The minimum Gasteiger partial charge on any atom is -0.462 e. The standard InChI is InChI=1S/C54H81BF2N2O2/c1-9-10-11-12-13-14-15-16-17-18-19-20-21-22-23-24-50(60)61-44-31-33-53(7)43(37-44)26-28-45-48-30-29-47(54(48,8)34-32-49(45)53)38(2)25-27-46-51-39(3)35-41(5)58(51)55(56,57)59-42(6)36-40(4)52(46)59/h13-14,16-17,26,35-36,38,44-45,47-49H,9-12,15,18-25,27-34,37H2,1-8H3. The number of carbonyl (C=O) groups excluding carboxylic acids is 1. The van der Waals surface area contributed by atoms with Gasteiger partial charge in [0.15, 0.2) is 5.70 Å². The van der Waals surface area contributed by atoms with Gasteiger partial charge in [0.1, 0.15) is 11.8 Å². The van der Waals surface area contributed by atoms with Crippen LogP contribution in [0.1, 0.15) is 200 Å². The van der Waals surface area contributed by atoms with Crippen molar-refractivity contribution >= 4 is 24.2 Å². The first-order valence-corrected chi connectivity index (χ1v) is 25.2. The molecule has 2 aliphatic heterocycles. The maximum absolute atomic E-state index is 16.2. The Kier molecular flexibility index (Phi) is 14.7. The average Bonchev–Trinajstić information content (AvgIpc) is 3.85. The van der Waals surface area contributed by atoms with Crippen LogP contribution in [0.15, 0.2) is 59.4 Å². The third kappa shape index (κ3) is 9.20. The summed E-state index contributed by atoms with van der Waals surface area (Å²) in [4.78, 5) is 13.0. The van der Waals surface area contributed by atoms with Gasteiger partial charge in [-0.15, -0.1) is 0 Å². The zero-order valence-corrected chi connectivity index (χ0v) is 39.6. The van der Waals surface area contributed by atoms with Gasteiger partial charge >= 0.3 is 12.9 Å². The highest BCUT2D eigenvalue weighted by Gasteiger charge is 2.60. The molecule has 336 valence electrons. The molecule has 3 saturated carbocycles. The number of rotatable bonds is 19. The van der Waals surface area contributed by atoms with Crippen LogP contribution in [0.3, 0.4) is 0 Å². The summed E-state index contributed by atoms with van der Waals surface area (Å²) in [7, 11) is 0. The van der Waals surface area contributed by atoms with E-state index in [-0.39, 0.29) is 17.5 Å². The zero-order valence-electron chi connectivity index (χ0n) is 39.6. The molecule has 0 N–H and O–H groups in total. The van der Waals surface area contributed by atoms with Gasteiger partial charge in [0, 0.05) is 42.7 Å². The first-order chi connectivity index (χ1) is 29.2. The summed E-state index contributed by atoms with van der Waals surface area (Å²) in [5, 5.41) is 0. The summed E-state index contributed by atoms with van der Waals surface area (Å²) in [6.45, 7) is 13.7. The molecule has 7 rings (SSSR count). The van der Waals surface area contributed by atoms with E-state index in [2.05, 4.69) is 58.1 Å². The monoisotopic (exact) mass is 839 g/mol. The van der Waals surface area contributed by atoms with Crippen molar-refractivity contribution in [3.05, 3.63) is 76.3 Å². The van der Waals surface area contributed by atoms with Gasteiger partial charge < -0.3 is 22.3 Å². The number of hydrogen-bond acceptors (Lipinski definition) is 2. The second-order valence-electron chi connectivity index (χ2n) is 21.3. The Morgan fingerprint density at radius 2 is 1.66 bits per heavy atom. The lowest BCUT2D eigenvalue weighted by atomic mass is 9.47. The molecular weight excluding hydrogens is 757 g/mol. The van der Waals surface area contributed by atoms with Gasteiger partial charge in [0.05, 0.1) is 0 Å². The van der Waals surface area contributed by atoms with E-state index in [1.807, 2.05) is 39.8 Å². The minimum absolute atomic E-state index is 0.00666. The maximum Gasteiger partial charge on any atom is 0.737 e.